The van der Waals surface area contributed by atoms with Crippen molar-refractivity contribution >= 4 is 22.7 Å². The van der Waals surface area contributed by atoms with Gasteiger partial charge in [-0.3, -0.25) is 0 Å². The van der Waals surface area contributed by atoms with E-state index in [4.69, 9.17) is 10.5 Å². The van der Waals surface area contributed by atoms with Crippen molar-refractivity contribution in [1.29, 1.82) is 0 Å². The summed E-state index contributed by atoms with van der Waals surface area (Å²) in [4.78, 5) is 18.2. The highest BCUT2D eigenvalue weighted by Gasteiger charge is 2.27. The van der Waals surface area contributed by atoms with Gasteiger partial charge in [0.1, 0.15) is 11.9 Å². The number of nitrogen functional groups attached to an aromatic ring is 1. The van der Waals surface area contributed by atoms with E-state index in [0.29, 0.717) is 0 Å². The van der Waals surface area contributed by atoms with Gasteiger partial charge in [0, 0.05) is 37.8 Å². The van der Waals surface area contributed by atoms with Crippen LogP contribution in [0.1, 0.15) is 12.8 Å². The molecule has 0 bridgehead atoms. The molecule has 0 aliphatic carbocycles. The van der Waals surface area contributed by atoms with Gasteiger partial charge in [-0.15, -0.1) is 0 Å². The molecular formula is C16H18N6O. The zero-order chi connectivity index (χ0) is 15.8. The van der Waals surface area contributed by atoms with E-state index in [0.717, 1.165) is 47.4 Å². The molecule has 4 rings (SSSR count). The molecule has 0 radical (unpaired) electrons. The van der Waals surface area contributed by atoms with E-state index < -0.39 is 0 Å². The van der Waals surface area contributed by atoms with Crippen LogP contribution >= 0.6 is 0 Å². The lowest BCUT2D eigenvalue weighted by Gasteiger charge is -2.26. The van der Waals surface area contributed by atoms with Crippen LogP contribution in [0, 0.1) is 0 Å². The lowest BCUT2D eigenvalue weighted by Crippen LogP contribution is -2.30. The van der Waals surface area contributed by atoms with E-state index in [9.17, 15) is 0 Å². The molecule has 1 aliphatic rings. The molecule has 0 amide bonds. The minimum absolute atomic E-state index is 0.0961. The normalized spacial score (nSPS) is 18.0. The Labute approximate surface area is 133 Å². The van der Waals surface area contributed by atoms with Crippen molar-refractivity contribution < 1.29 is 4.74 Å². The maximum atomic E-state index is 5.73. The predicted octanol–water partition coefficient (Wildman–Crippen LogP) is 2.17. The molecule has 1 saturated heterocycles. The summed E-state index contributed by atoms with van der Waals surface area (Å²) in [6, 6.07) is 3.88. The molecule has 1 atom stereocenters. The molecule has 7 heteroatoms. The molecule has 3 N–H and O–H groups in total. The van der Waals surface area contributed by atoms with Crippen molar-refractivity contribution in [3.63, 3.8) is 0 Å². The van der Waals surface area contributed by atoms with Crippen molar-refractivity contribution in [3.05, 3.63) is 30.7 Å². The number of nitrogens with two attached hydrogens (primary N) is 1. The Morgan fingerprint density at radius 3 is 3.00 bits per heavy atom. The molecular weight excluding hydrogens is 292 g/mol. The Hall–Kier alpha value is -2.67. The van der Waals surface area contributed by atoms with Crippen LogP contribution in [-0.4, -0.2) is 39.8 Å². The van der Waals surface area contributed by atoms with Gasteiger partial charge in [-0.25, -0.2) is 15.0 Å². The van der Waals surface area contributed by atoms with E-state index in [1.54, 1.807) is 13.3 Å². The summed E-state index contributed by atoms with van der Waals surface area (Å²) < 4.78 is 5.62. The van der Waals surface area contributed by atoms with Gasteiger partial charge < -0.3 is 20.4 Å². The predicted molar refractivity (Wildman–Crippen MR) is 88.9 cm³/mol. The van der Waals surface area contributed by atoms with Gasteiger partial charge in [-0.05, 0) is 25.0 Å². The third-order valence-electron chi connectivity index (χ3n) is 4.28. The van der Waals surface area contributed by atoms with Crippen LogP contribution in [0.25, 0.3) is 22.3 Å². The van der Waals surface area contributed by atoms with Crippen LogP contribution in [-0.2, 0) is 4.74 Å². The molecule has 0 spiro atoms. The number of fused-ring (bicyclic) bond motifs is 1. The molecule has 23 heavy (non-hydrogen) atoms. The molecule has 3 aromatic heterocycles. The summed E-state index contributed by atoms with van der Waals surface area (Å²) in [5, 5.41) is 1.04. The zero-order valence-corrected chi connectivity index (χ0v) is 12.9. The fourth-order valence-electron chi connectivity index (χ4n) is 3.26. The van der Waals surface area contributed by atoms with Crippen LogP contribution in [0.5, 0.6) is 0 Å². The SMILES string of the molecule is CO[C@@H]1CCCN1c1ccnc2[nH]cc(-c3ccnc(N)n3)c12. The molecule has 0 unspecified atom stereocenters. The molecule has 3 aromatic rings. The van der Waals surface area contributed by atoms with Gasteiger partial charge in [-0.2, -0.15) is 0 Å². The van der Waals surface area contributed by atoms with Gasteiger partial charge in [0.25, 0.3) is 0 Å². The highest BCUT2D eigenvalue weighted by molar-refractivity contribution is 6.02. The second-order valence-electron chi connectivity index (χ2n) is 5.58. The van der Waals surface area contributed by atoms with Crippen molar-refractivity contribution in [2.24, 2.45) is 0 Å². The van der Waals surface area contributed by atoms with E-state index in [2.05, 4.69) is 24.8 Å². The number of methoxy groups -OCH3 is 1. The average molecular weight is 310 g/mol. The highest BCUT2D eigenvalue weighted by Crippen LogP contribution is 2.37. The van der Waals surface area contributed by atoms with Crippen LogP contribution < -0.4 is 10.6 Å². The van der Waals surface area contributed by atoms with E-state index in [1.807, 2.05) is 24.5 Å². The number of nitrogens with one attached hydrogen (secondary N) is 1. The first-order chi connectivity index (χ1) is 11.3. The monoisotopic (exact) mass is 310 g/mol. The van der Waals surface area contributed by atoms with E-state index >= 15 is 0 Å². The number of ether oxygens (including phenoxy) is 1. The Balaban J connectivity index is 1.91. The molecule has 1 aliphatic heterocycles. The maximum Gasteiger partial charge on any atom is 0.220 e. The number of aromatic amines is 1. The third kappa shape index (κ3) is 2.29. The van der Waals surface area contributed by atoms with Gasteiger partial charge in [-0.1, -0.05) is 0 Å². The van der Waals surface area contributed by atoms with Crippen molar-refractivity contribution in [1.82, 2.24) is 19.9 Å². The number of hydrogen-bond acceptors (Lipinski definition) is 6. The fourth-order valence-corrected chi connectivity index (χ4v) is 3.26. The number of rotatable bonds is 3. The van der Waals surface area contributed by atoms with Crippen molar-refractivity contribution in [2.75, 3.05) is 24.3 Å². The van der Waals surface area contributed by atoms with Crippen LogP contribution in [0.2, 0.25) is 0 Å². The van der Waals surface area contributed by atoms with Gasteiger partial charge in [0.05, 0.1) is 16.8 Å². The molecule has 118 valence electrons. The minimum atomic E-state index is 0.0961. The Kier molecular flexibility index (Phi) is 3.34. The van der Waals surface area contributed by atoms with E-state index in [1.165, 1.54) is 0 Å². The van der Waals surface area contributed by atoms with Crippen molar-refractivity contribution in [2.45, 2.75) is 19.1 Å². The molecule has 0 saturated carbocycles. The average Bonchev–Trinajstić information content (AvgIpc) is 3.21. The van der Waals surface area contributed by atoms with Crippen molar-refractivity contribution in [3.8, 4) is 11.3 Å². The topological polar surface area (TPSA) is 93.0 Å². The second kappa shape index (κ2) is 5.51. The van der Waals surface area contributed by atoms with E-state index in [-0.39, 0.29) is 12.2 Å². The Morgan fingerprint density at radius 2 is 2.17 bits per heavy atom. The first-order valence-corrected chi connectivity index (χ1v) is 7.62. The van der Waals surface area contributed by atoms with Gasteiger partial charge in [0.15, 0.2) is 0 Å². The number of aromatic nitrogens is 4. The van der Waals surface area contributed by atoms with Crippen LogP contribution in [0.15, 0.2) is 30.7 Å². The van der Waals surface area contributed by atoms with Gasteiger partial charge in [0.2, 0.25) is 5.95 Å². The lowest BCUT2D eigenvalue weighted by molar-refractivity contribution is 0.111. The van der Waals surface area contributed by atoms with Crippen LogP contribution in [0.3, 0.4) is 0 Å². The summed E-state index contributed by atoms with van der Waals surface area (Å²) in [6.07, 6.45) is 7.64. The quantitative estimate of drug-likeness (QED) is 0.770. The number of anilines is 2. The molecule has 0 aromatic carbocycles. The summed E-state index contributed by atoms with van der Waals surface area (Å²) in [5.74, 6) is 0.262. The highest BCUT2D eigenvalue weighted by atomic mass is 16.5. The summed E-state index contributed by atoms with van der Waals surface area (Å²) in [5.41, 5.74) is 9.42. The fraction of sp³-hybridized carbons (Fsp3) is 0.312. The molecule has 7 nitrogen and oxygen atoms in total. The smallest absolute Gasteiger partial charge is 0.220 e. The minimum Gasteiger partial charge on any atom is -0.368 e. The first kappa shape index (κ1) is 14.0. The maximum absolute atomic E-state index is 5.73. The first-order valence-electron chi connectivity index (χ1n) is 7.62. The van der Waals surface area contributed by atoms with Crippen LogP contribution in [0.4, 0.5) is 11.6 Å². The Morgan fingerprint density at radius 1 is 1.30 bits per heavy atom. The Bertz CT molecular complexity index is 845. The zero-order valence-electron chi connectivity index (χ0n) is 12.9. The van der Waals surface area contributed by atoms with Gasteiger partial charge >= 0.3 is 0 Å². The molecule has 4 heterocycles. The number of pyridine rings is 1. The molecule has 1 fully saturated rings. The third-order valence-corrected chi connectivity index (χ3v) is 4.28. The number of nitrogens with zero attached hydrogens (tertiary/aromatic N) is 4. The second-order valence-corrected chi connectivity index (χ2v) is 5.58. The lowest BCUT2D eigenvalue weighted by atomic mass is 10.1. The summed E-state index contributed by atoms with van der Waals surface area (Å²) >= 11 is 0. The number of H-pyrrole nitrogens is 1. The summed E-state index contributed by atoms with van der Waals surface area (Å²) in [6.45, 7) is 0.966. The summed E-state index contributed by atoms with van der Waals surface area (Å²) in [7, 11) is 1.75. The largest absolute Gasteiger partial charge is 0.368 e. The number of hydrogen-bond donors (Lipinski definition) is 2. The standard InChI is InChI=1S/C16H18N6O/c1-23-13-3-2-8-22(13)12-5-7-18-15-14(12)10(9-20-15)11-4-6-19-16(17)21-11/h4-7,9,13H,2-3,8H2,1H3,(H,18,20)(H2,17,19,21)/t13-/m1/s1.